The summed E-state index contributed by atoms with van der Waals surface area (Å²) >= 11 is 9.45. The van der Waals surface area contributed by atoms with Crippen LogP contribution >= 0.6 is 27.5 Å². The van der Waals surface area contributed by atoms with Crippen LogP contribution in [0.5, 0.6) is 0 Å². The SMILES string of the molecule is COC(=O)CN(Cc1ccccc1)C(=O)c1cc(Br)ccc1Cl. The highest BCUT2D eigenvalue weighted by molar-refractivity contribution is 9.10. The molecule has 0 bridgehead atoms. The number of carbonyl (C=O) groups excluding carboxylic acids is 2. The van der Waals surface area contributed by atoms with Gasteiger partial charge >= 0.3 is 5.97 Å². The summed E-state index contributed by atoms with van der Waals surface area (Å²) in [6.07, 6.45) is 0. The predicted octanol–water partition coefficient (Wildman–Crippen LogP) is 3.92. The number of hydrogen-bond acceptors (Lipinski definition) is 3. The second-order valence-corrected chi connectivity index (χ2v) is 6.17. The lowest BCUT2D eigenvalue weighted by atomic mass is 10.1. The molecule has 0 unspecified atom stereocenters. The van der Waals surface area contributed by atoms with Crippen LogP contribution in [-0.4, -0.2) is 30.4 Å². The minimum absolute atomic E-state index is 0.146. The zero-order chi connectivity index (χ0) is 16.8. The van der Waals surface area contributed by atoms with Crippen molar-refractivity contribution in [1.29, 1.82) is 0 Å². The molecule has 120 valence electrons. The monoisotopic (exact) mass is 395 g/mol. The number of carbonyl (C=O) groups is 2. The Bertz CT molecular complexity index is 706. The molecular weight excluding hydrogens is 382 g/mol. The third kappa shape index (κ3) is 4.81. The smallest absolute Gasteiger partial charge is 0.325 e. The number of hydrogen-bond donors (Lipinski definition) is 0. The van der Waals surface area contributed by atoms with E-state index >= 15 is 0 Å². The molecule has 0 atom stereocenters. The second-order valence-electron chi connectivity index (χ2n) is 4.85. The van der Waals surface area contributed by atoms with Crippen molar-refractivity contribution in [2.24, 2.45) is 0 Å². The van der Waals surface area contributed by atoms with E-state index in [9.17, 15) is 9.59 Å². The fraction of sp³-hybridized carbons (Fsp3) is 0.176. The predicted molar refractivity (Wildman–Crippen MR) is 92.4 cm³/mol. The summed E-state index contributed by atoms with van der Waals surface area (Å²) in [5.74, 6) is -0.814. The lowest BCUT2D eigenvalue weighted by Gasteiger charge is -2.22. The van der Waals surface area contributed by atoms with Crippen LogP contribution in [0.4, 0.5) is 0 Å². The average molecular weight is 397 g/mol. The molecule has 4 nitrogen and oxygen atoms in total. The van der Waals surface area contributed by atoms with Crippen LogP contribution in [0.15, 0.2) is 53.0 Å². The number of benzene rings is 2. The van der Waals surface area contributed by atoms with E-state index in [1.807, 2.05) is 30.3 Å². The van der Waals surface area contributed by atoms with Gasteiger partial charge in [-0.3, -0.25) is 9.59 Å². The number of esters is 1. The van der Waals surface area contributed by atoms with Crippen molar-refractivity contribution in [1.82, 2.24) is 4.90 Å². The Labute approximate surface area is 148 Å². The lowest BCUT2D eigenvalue weighted by Crippen LogP contribution is -2.36. The van der Waals surface area contributed by atoms with E-state index in [-0.39, 0.29) is 19.0 Å². The normalized spacial score (nSPS) is 10.2. The molecule has 23 heavy (non-hydrogen) atoms. The molecule has 0 heterocycles. The number of rotatable bonds is 5. The maximum Gasteiger partial charge on any atom is 0.325 e. The summed E-state index contributed by atoms with van der Waals surface area (Å²) in [4.78, 5) is 25.8. The molecule has 0 aliphatic heterocycles. The molecule has 0 fully saturated rings. The van der Waals surface area contributed by atoms with Gasteiger partial charge in [0.05, 0.1) is 17.7 Å². The van der Waals surface area contributed by atoms with Crippen molar-refractivity contribution in [2.75, 3.05) is 13.7 Å². The van der Waals surface area contributed by atoms with Gasteiger partial charge in [-0.05, 0) is 23.8 Å². The first-order chi connectivity index (χ1) is 11.0. The zero-order valence-corrected chi connectivity index (χ0v) is 14.8. The van der Waals surface area contributed by atoms with Gasteiger partial charge in [-0.2, -0.15) is 0 Å². The van der Waals surface area contributed by atoms with Crippen LogP contribution in [0.1, 0.15) is 15.9 Å². The molecule has 0 saturated carbocycles. The zero-order valence-electron chi connectivity index (χ0n) is 12.5. The molecule has 0 saturated heterocycles. The first-order valence-corrected chi connectivity index (χ1v) is 8.03. The van der Waals surface area contributed by atoms with Crippen LogP contribution in [0.25, 0.3) is 0 Å². The number of amides is 1. The third-order valence-electron chi connectivity index (χ3n) is 3.21. The fourth-order valence-corrected chi connectivity index (χ4v) is 2.61. The summed E-state index contributed by atoms with van der Waals surface area (Å²) < 4.78 is 5.42. The summed E-state index contributed by atoms with van der Waals surface area (Å²) in [5.41, 5.74) is 1.25. The molecule has 0 radical (unpaired) electrons. The van der Waals surface area contributed by atoms with E-state index in [1.54, 1.807) is 18.2 Å². The number of methoxy groups -OCH3 is 1. The number of ether oxygens (including phenoxy) is 1. The number of nitrogens with zero attached hydrogens (tertiary/aromatic N) is 1. The van der Waals surface area contributed by atoms with Crippen LogP contribution < -0.4 is 0 Å². The van der Waals surface area contributed by atoms with Crippen molar-refractivity contribution >= 4 is 39.4 Å². The van der Waals surface area contributed by atoms with Gasteiger partial charge in [0.15, 0.2) is 0 Å². The number of halogens is 2. The minimum Gasteiger partial charge on any atom is -0.468 e. The van der Waals surface area contributed by atoms with E-state index in [4.69, 9.17) is 11.6 Å². The maximum atomic E-state index is 12.8. The van der Waals surface area contributed by atoms with E-state index in [1.165, 1.54) is 12.0 Å². The lowest BCUT2D eigenvalue weighted by molar-refractivity contribution is -0.141. The quantitative estimate of drug-likeness (QED) is 0.720. The molecule has 0 aliphatic carbocycles. The highest BCUT2D eigenvalue weighted by Gasteiger charge is 2.22. The van der Waals surface area contributed by atoms with E-state index in [2.05, 4.69) is 20.7 Å². The van der Waals surface area contributed by atoms with Gasteiger partial charge in [0.2, 0.25) is 0 Å². The first kappa shape index (κ1) is 17.5. The molecule has 1 amide bonds. The Morgan fingerprint density at radius 2 is 1.87 bits per heavy atom. The van der Waals surface area contributed by atoms with Crippen LogP contribution in [0.2, 0.25) is 5.02 Å². The third-order valence-corrected chi connectivity index (χ3v) is 4.03. The second kappa shape index (κ2) is 8.13. The molecule has 2 aromatic carbocycles. The Morgan fingerprint density at radius 1 is 1.17 bits per heavy atom. The first-order valence-electron chi connectivity index (χ1n) is 6.86. The highest BCUT2D eigenvalue weighted by atomic mass is 79.9. The Balaban J connectivity index is 2.30. The van der Waals surface area contributed by atoms with Crippen LogP contribution in [0, 0.1) is 0 Å². The average Bonchev–Trinajstić information content (AvgIpc) is 2.56. The standard InChI is InChI=1S/C17H15BrClNO3/c1-23-16(21)11-20(10-12-5-3-2-4-6-12)17(22)14-9-13(18)7-8-15(14)19/h2-9H,10-11H2,1H3. The van der Waals surface area contributed by atoms with E-state index in [0.29, 0.717) is 10.6 Å². The van der Waals surface area contributed by atoms with E-state index in [0.717, 1.165) is 10.0 Å². The van der Waals surface area contributed by atoms with Gasteiger partial charge in [0.25, 0.3) is 5.91 Å². The van der Waals surface area contributed by atoms with Gasteiger partial charge in [-0.15, -0.1) is 0 Å². The molecule has 6 heteroatoms. The maximum absolute atomic E-state index is 12.8. The highest BCUT2D eigenvalue weighted by Crippen LogP contribution is 2.23. The van der Waals surface area contributed by atoms with Crippen molar-refractivity contribution in [3.63, 3.8) is 0 Å². The van der Waals surface area contributed by atoms with Gasteiger partial charge in [0.1, 0.15) is 6.54 Å². The molecular formula is C17H15BrClNO3. The molecule has 0 aliphatic rings. The molecule has 0 spiro atoms. The topological polar surface area (TPSA) is 46.6 Å². The summed E-state index contributed by atoms with van der Waals surface area (Å²) in [5, 5.41) is 0.334. The van der Waals surface area contributed by atoms with Crippen LogP contribution in [-0.2, 0) is 16.1 Å². The summed E-state index contributed by atoms with van der Waals surface area (Å²) in [7, 11) is 1.29. The van der Waals surface area contributed by atoms with Crippen molar-refractivity contribution in [2.45, 2.75) is 6.54 Å². The fourth-order valence-electron chi connectivity index (χ4n) is 2.06. The Morgan fingerprint density at radius 3 is 2.52 bits per heavy atom. The minimum atomic E-state index is -0.486. The molecule has 0 aromatic heterocycles. The van der Waals surface area contributed by atoms with Crippen molar-refractivity contribution in [3.8, 4) is 0 Å². The Kier molecular flexibility index (Phi) is 6.19. The molecule has 2 rings (SSSR count). The summed E-state index contributed by atoms with van der Waals surface area (Å²) in [6.45, 7) is 0.144. The van der Waals surface area contributed by atoms with E-state index < -0.39 is 5.97 Å². The Hall–Kier alpha value is -1.85. The molecule has 2 aromatic rings. The van der Waals surface area contributed by atoms with Gasteiger partial charge in [-0.25, -0.2) is 0 Å². The summed E-state index contributed by atoms with van der Waals surface area (Å²) in [6, 6.07) is 14.4. The van der Waals surface area contributed by atoms with Crippen LogP contribution in [0.3, 0.4) is 0 Å². The van der Waals surface area contributed by atoms with Gasteiger partial charge in [-0.1, -0.05) is 57.9 Å². The van der Waals surface area contributed by atoms with Gasteiger partial charge < -0.3 is 9.64 Å². The van der Waals surface area contributed by atoms with Crippen molar-refractivity contribution < 1.29 is 14.3 Å². The largest absolute Gasteiger partial charge is 0.468 e. The van der Waals surface area contributed by atoms with Crippen molar-refractivity contribution in [3.05, 3.63) is 69.2 Å². The molecule has 0 N–H and O–H groups in total. The van der Waals surface area contributed by atoms with Gasteiger partial charge in [0, 0.05) is 11.0 Å².